The van der Waals surface area contributed by atoms with E-state index in [9.17, 15) is 9.59 Å². The van der Waals surface area contributed by atoms with Gasteiger partial charge in [-0.25, -0.2) is 0 Å². The first-order valence-corrected chi connectivity index (χ1v) is 3.49. The number of carboxylic acids is 1. The molecule has 11 heavy (non-hydrogen) atoms. The first-order chi connectivity index (χ1) is 5.09. The molecule has 0 aromatic heterocycles. The van der Waals surface area contributed by atoms with Gasteiger partial charge in [-0.15, -0.1) is 0 Å². The predicted octanol–water partition coefficient (Wildman–Crippen LogP) is 0.208. The molecule has 0 amide bonds. The summed E-state index contributed by atoms with van der Waals surface area (Å²) in [6, 6.07) is 0. The molecule has 1 aliphatic rings. The predicted molar refractivity (Wildman–Crippen MR) is 36.2 cm³/mol. The Morgan fingerprint density at radius 2 is 2.45 bits per heavy atom. The van der Waals surface area contributed by atoms with Crippen molar-refractivity contribution in [2.24, 2.45) is 0 Å². The number of aliphatic carboxylic acids is 1. The van der Waals surface area contributed by atoms with E-state index in [1.165, 1.54) is 0 Å². The third-order valence-electron chi connectivity index (χ3n) is 1.60. The highest BCUT2D eigenvalue weighted by Crippen LogP contribution is 2.17. The quantitative estimate of drug-likeness (QED) is 0.623. The Morgan fingerprint density at radius 1 is 1.82 bits per heavy atom. The summed E-state index contributed by atoms with van der Waals surface area (Å²) in [6.45, 7) is 1.76. The molecule has 1 saturated heterocycles. The molecular weight excluding hydrogens is 148 g/mol. The van der Waals surface area contributed by atoms with Crippen LogP contribution >= 0.6 is 0 Å². The molecule has 4 nitrogen and oxygen atoms in total. The summed E-state index contributed by atoms with van der Waals surface area (Å²) in [7, 11) is 0. The zero-order valence-electron chi connectivity index (χ0n) is 6.24. The number of hydrogen-bond acceptors (Lipinski definition) is 3. The number of Topliss-reactive ketones (excluding diaryl/α,β-unsaturated/α-hetero) is 1. The normalized spacial score (nSPS) is 30.8. The van der Waals surface area contributed by atoms with Gasteiger partial charge in [-0.1, -0.05) is 0 Å². The summed E-state index contributed by atoms with van der Waals surface area (Å²) in [6.07, 6.45) is -0.685. The highest BCUT2D eigenvalue weighted by Gasteiger charge is 2.32. The van der Waals surface area contributed by atoms with E-state index in [4.69, 9.17) is 9.84 Å². The molecule has 0 aromatic carbocycles. The zero-order chi connectivity index (χ0) is 8.43. The fraction of sp³-hybridized carbons (Fsp3) is 0.714. The molecule has 0 spiro atoms. The molecule has 0 aromatic rings. The third-order valence-corrected chi connectivity index (χ3v) is 1.60. The largest absolute Gasteiger partial charge is 0.481 e. The van der Waals surface area contributed by atoms with E-state index in [1.807, 2.05) is 0 Å². The minimum absolute atomic E-state index is 0.0973. The van der Waals surface area contributed by atoms with E-state index in [0.717, 1.165) is 0 Å². The van der Waals surface area contributed by atoms with E-state index >= 15 is 0 Å². The van der Waals surface area contributed by atoms with Crippen LogP contribution < -0.4 is 0 Å². The monoisotopic (exact) mass is 158 g/mol. The highest BCUT2D eigenvalue weighted by molar-refractivity contribution is 5.88. The van der Waals surface area contributed by atoms with Gasteiger partial charge in [-0.2, -0.15) is 0 Å². The second-order valence-corrected chi connectivity index (χ2v) is 2.70. The van der Waals surface area contributed by atoms with E-state index < -0.39 is 12.1 Å². The van der Waals surface area contributed by atoms with Crippen LogP contribution in [0.15, 0.2) is 0 Å². The molecule has 0 aliphatic carbocycles. The van der Waals surface area contributed by atoms with Gasteiger partial charge in [0.25, 0.3) is 0 Å². The van der Waals surface area contributed by atoms with Gasteiger partial charge in [0, 0.05) is 6.42 Å². The number of ketones is 1. The lowest BCUT2D eigenvalue weighted by Gasteiger charge is -2.04. The van der Waals surface area contributed by atoms with Gasteiger partial charge >= 0.3 is 5.97 Å². The third kappa shape index (κ3) is 2.01. The van der Waals surface area contributed by atoms with Crippen LogP contribution in [-0.4, -0.2) is 29.1 Å². The van der Waals surface area contributed by atoms with Crippen molar-refractivity contribution in [2.75, 3.05) is 0 Å². The minimum atomic E-state index is -0.988. The standard InChI is InChI=1S/C7H10O4/c1-4-2-5(8)6(11-4)3-7(9)10/h4,6H,2-3H2,1H3,(H,9,10). The van der Waals surface area contributed by atoms with Crippen molar-refractivity contribution in [3.8, 4) is 0 Å². The van der Waals surface area contributed by atoms with Crippen LogP contribution in [0.5, 0.6) is 0 Å². The van der Waals surface area contributed by atoms with Crippen molar-refractivity contribution in [1.82, 2.24) is 0 Å². The van der Waals surface area contributed by atoms with E-state index in [-0.39, 0.29) is 18.3 Å². The first kappa shape index (κ1) is 8.20. The van der Waals surface area contributed by atoms with Crippen LogP contribution in [0.2, 0.25) is 0 Å². The molecule has 0 radical (unpaired) electrons. The van der Waals surface area contributed by atoms with E-state index in [1.54, 1.807) is 6.92 Å². The molecule has 2 atom stereocenters. The maximum absolute atomic E-state index is 10.9. The fourth-order valence-corrected chi connectivity index (χ4v) is 1.14. The number of ether oxygens (including phenoxy) is 1. The smallest absolute Gasteiger partial charge is 0.306 e. The SMILES string of the molecule is CC1CC(=O)C(CC(=O)O)O1. The number of carbonyl (C=O) groups excluding carboxylic acids is 1. The summed E-state index contributed by atoms with van der Waals surface area (Å²) in [4.78, 5) is 21.1. The molecule has 4 heteroatoms. The Hall–Kier alpha value is -0.900. The molecule has 1 rings (SSSR count). The topological polar surface area (TPSA) is 63.6 Å². The second kappa shape index (κ2) is 3.00. The number of rotatable bonds is 2. The van der Waals surface area contributed by atoms with Crippen LogP contribution in [0.4, 0.5) is 0 Å². The number of carboxylic acid groups (broad SMARTS) is 1. The van der Waals surface area contributed by atoms with Crippen molar-refractivity contribution in [3.05, 3.63) is 0 Å². The maximum atomic E-state index is 10.9. The van der Waals surface area contributed by atoms with Crippen molar-refractivity contribution in [1.29, 1.82) is 0 Å². The van der Waals surface area contributed by atoms with Crippen molar-refractivity contribution >= 4 is 11.8 Å². The number of hydrogen-bond donors (Lipinski definition) is 1. The van der Waals surface area contributed by atoms with Gasteiger partial charge in [0.2, 0.25) is 0 Å². The first-order valence-electron chi connectivity index (χ1n) is 3.49. The van der Waals surface area contributed by atoms with Gasteiger partial charge in [0.15, 0.2) is 5.78 Å². The van der Waals surface area contributed by atoms with Crippen LogP contribution in [0.25, 0.3) is 0 Å². The lowest BCUT2D eigenvalue weighted by atomic mass is 10.1. The van der Waals surface area contributed by atoms with E-state index in [0.29, 0.717) is 6.42 Å². The molecule has 2 unspecified atom stereocenters. The second-order valence-electron chi connectivity index (χ2n) is 2.70. The van der Waals surface area contributed by atoms with Crippen LogP contribution in [0.1, 0.15) is 19.8 Å². The van der Waals surface area contributed by atoms with Gasteiger partial charge in [-0.3, -0.25) is 9.59 Å². The van der Waals surface area contributed by atoms with Gasteiger partial charge < -0.3 is 9.84 Å². The lowest BCUT2D eigenvalue weighted by Crippen LogP contribution is -2.19. The fourth-order valence-electron chi connectivity index (χ4n) is 1.14. The summed E-state index contributed by atoms with van der Waals surface area (Å²) in [5, 5.41) is 8.35. The molecule has 62 valence electrons. The molecule has 0 saturated carbocycles. The summed E-state index contributed by atoms with van der Waals surface area (Å²) >= 11 is 0. The summed E-state index contributed by atoms with van der Waals surface area (Å²) in [5.41, 5.74) is 0. The van der Waals surface area contributed by atoms with Gasteiger partial charge in [0.1, 0.15) is 6.10 Å². The van der Waals surface area contributed by atoms with Crippen LogP contribution in [0.3, 0.4) is 0 Å². The molecule has 1 aliphatic heterocycles. The Kier molecular flexibility index (Phi) is 2.24. The molecular formula is C7H10O4. The Balaban J connectivity index is 2.47. The van der Waals surface area contributed by atoms with Gasteiger partial charge in [-0.05, 0) is 6.92 Å². The van der Waals surface area contributed by atoms with Crippen molar-refractivity contribution < 1.29 is 19.4 Å². The average Bonchev–Trinajstić information content (AvgIpc) is 2.09. The Morgan fingerprint density at radius 3 is 2.82 bits per heavy atom. The van der Waals surface area contributed by atoms with Crippen LogP contribution in [0, 0.1) is 0 Å². The Labute approximate surface area is 64.2 Å². The summed E-state index contributed by atoms with van der Waals surface area (Å²) < 4.78 is 5.05. The average molecular weight is 158 g/mol. The van der Waals surface area contributed by atoms with Crippen molar-refractivity contribution in [2.45, 2.75) is 32.0 Å². The molecule has 1 N–H and O–H groups in total. The maximum Gasteiger partial charge on any atom is 0.306 e. The summed E-state index contributed by atoms with van der Waals surface area (Å²) in [5.74, 6) is -1.09. The highest BCUT2D eigenvalue weighted by atomic mass is 16.5. The van der Waals surface area contributed by atoms with Crippen LogP contribution in [-0.2, 0) is 14.3 Å². The zero-order valence-corrected chi connectivity index (χ0v) is 6.24. The molecule has 1 fully saturated rings. The number of carbonyl (C=O) groups is 2. The van der Waals surface area contributed by atoms with Gasteiger partial charge in [0.05, 0.1) is 12.5 Å². The Bertz CT molecular complexity index is 187. The molecule has 1 heterocycles. The van der Waals surface area contributed by atoms with Crippen molar-refractivity contribution in [3.63, 3.8) is 0 Å². The minimum Gasteiger partial charge on any atom is -0.481 e. The molecule has 0 bridgehead atoms. The lowest BCUT2D eigenvalue weighted by molar-refractivity contribution is -0.142. The van der Waals surface area contributed by atoms with E-state index in [2.05, 4.69) is 0 Å².